The fourth-order valence-corrected chi connectivity index (χ4v) is 3.00. The molecule has 4 heteroatoms. The maximum atomic E-state index is 12.0. The maximum absolute atomic E-state index is 12.0. The van der Waals surface area contributed by atoms with Gasteiger partial charge in [-0.15, -0.1) is 0 Å². The molecule has 0 bridgehead atoms. The molecule has 110 valence electrons. The molecule has 1 aromatic heterocycles. The Balaban J connectivity index is 1.96. The van der Waals surface area contributed by atoms with Crippen LogP contribution in [0.25, 0.3) is 6.08 Å². The van der Waals surface area contributed by atoms with Crippen LogP contribution in [0.15, 0.2) is 6.08 Å². The van der Waals surface area contributed by atoms with Crippen LogP contribution < -0.4 is 5.32 Å². The van der Waals surface area contributed by atoms with Gasteiger partial charge in [0.15, 0.2) is 0 Å². The quantitative estimate of drug-likeness (QED) is 0.862. The third-order valence-electron chi connectivity index (χ3n) is 4.28. The molecule has 4 nitrogen and oxygen atoms in total. The molecule has 1 amide bonds. The van der Waals surface area contributed by atoms with Gasteiger partial charge in [-0.25, -0.2) is 0 Å². The molecule has 1 saturated carbocycles. The summed E-state index contributed by atoms with van der Waals surface area (Å²) < 4.78 is 1.84. The van der Waals surface area contributed by atoms with Crippen molar-refractivity contribution in [1.82, 2.24) is 15.1 Å². The van der Waals surface area contributed by atoms with E-state index in [0.717, 1.165) is 29.8 Å². The topological polar surface area (TPSA) is 46.9 Å². The minimum Gasteiger partial charge on any atom is -0.350 e. The number of hydrogen-bond donors (Lipinski definition) is 1. The summed E-state index contributed by atoms with van der Waals surface area (Å²) in [5.41, 5.74) is 3.43. The molecule has 0 saturated heterocycles. The van der Waals surface area contributed by atoms with Crippen molar-refractivity contribution >= 4 is 12.0 Å². The number of nitrogens with one attached hydrogen (secondary N) is 1. The van der Waals surface area contributed by atoms with Crippen LogP contribution in [0.3, 0.4) is 0 Å². The van der Waals surface area contributed by atoms with Gasteiger partial charge in [0.25, 0.3) is 0 Å². The molecule has 1 aromatic rings. The molecule has 1 fully saturated rings. The van der Waals surface area contributed by atoms with Crippen LogP contribution >= 0.6 is 0 Å². The Morgan fingerprint density at radius 2 is 2.15 bits per heavy atom. The van der Waals surface area contributed by atoms with Crippen LogP contribution in [-0.2, 0) is 11.8 Å². The molecular formula is C16H25N3O. The summed E-state index contributed by atoms with van der Waals surface area (Å²) in [5, 5.41) is 7.44. The number of carbonyl (C=O) groups excluding carboxylic acids is 1. The first-order chi connectivity index (χ1) is 9.28. The average Bonchev–Trinajstić information content (AvgIpc) is 2.78. The molecule has 1 unspecified atom stereocenters. The van der Waals surface area contributed by atoms with Crippen LogP contribution in [0.5, 0.6) is 0 Å². The first-order valence-corrected chi connectivity index (χ1v) is 7.27. The molecular weight excluding hydrogens is 250 g/mol. The van der Waals surface area contributed by atoms with E-state index in [1.54, 1.807) is 6.08 Å². The van der Waals surface area contributed by atoms with Gasteiger partial charge >= 0.3 is 0 Å². The summed E-state index contributed by atoms with van der Waals surface area (Å²) >= 11 is 0. The average molecular weight is 275 g/mol. The molecule has 1 atom stereocenters. The Kier molecular flexibility index (Phi) is 4.02. The zero-order valence-corrected chi connectivity index (χ0v) is 13.2. The van der Waals surface area contributed by atoms with Crippen LogP contribution in [-0.4, -0.2) is 21.7 Å². The highest BCUT2D eigenvalue weighted by Crippen LogP contribution is 2.36. The van der Waals surface area contributed by atoms with Gasteiger partial charge in [0.2, 0.25) is 5.91 Å². The monoisotopic (exact) mass is 275 g/mol. The lowest BCUT2D eigenvalue weighted by molar-refractivity contribution is -0.117. The Morgan fingerprint density at radius 3 is 2.65 bits per heavy atom. The van der Waals surface area contributed by atoms with Crippen molar-refractivity contribution in [1.29, 1.82) is 0 Å². The molecule has 2 rings (SSSR count). The summed E-state index contributed by atoms with van der Waals surface area (Å²) in [6.45, 7) is 8.50. The Hall–Kier alpha value is -1.58. The van der Waals surface area contributed by atoms with Crippen molar-refractivity contribution in [3.8, 4) is 0 Å². The van der Waals surface area contributed by atoms with Crippen molar-refractivity contribution in [3.05, 3.63) is 23.0 Å². The van der Waals surface area contributed by atoms with Gasteiger partial charge in [0.1, 0.15) is 0 Å². The first-order valence-electron chi connectivity index (χ1n) is 7.27. The first kappa shape index (κ1) is 14.8. The predicted octanol–water partition coefficient (Wildman–Crippen LogP) is 2.75. The van der Waals surface area contributed by atoms with Gasteiger partial charge in [-0.1, -0.05) is 13.8 Å². The largest absolute Gasteiger partial charge is 0.350 e. The van der Waals surface area contributed by atoms with Gasteiger partial charge in [0.05, 0.1) is 5.69 Å². The van der Waals surface area contributed by atoms with Crippen LogP contribution in [0.4, 0.5) is 0 Å². The van der Waals surface area contributed by atoms with Crippen molar-refractivity contribution in [3.63, 3.8) is 0 Å². The highest BCUT2D eigenvalue weighted by Gasteiger charge is 2.31. The second-order valence-electron chi connectivity index (χ2n) is 6.65. The van der Waals surface area contributed by atoms with Crippen LogP contribution in [0.2, 0.25) is 0 Å². The molecule has 20 heavy (non-hydrogen) atoms. The van der Waals surface area contributed by atoms with Crippen molar-refractivity contribution in [2.24, 2.45) is 12.5 Å². The number of aryl methyl sites for hydroxylation is 2. The zero-order valence-electron chi connectivity index (χ0n) is 13.2. The SMILES string of the molecule is Cc1nn(C)c(C)c1/C=C/C(=O)NC1CCC(C)(C)C1. The standard InChI is InChI=1S/C16H25N3O/c1-11-14(12(2)19(5)18-11)6-7-15(20)17-13-8-9-16(3,4)10-13/h6-7,13H,8-10H2,1-5H3,(H,17,20)/b7-6+. The minimum absolute atomic E-state index is 0.00430. The van der Waals surface area contributed by atoms with Gasteiger partial charge in [-0.2, -0.15) is 5.10 Å². The Bertz CT molecular complexity index is 540. The zero-order chi connectivity index (χ0) is 14.9. The summed E-state index contributed by atoms with van der Waals surface area (Å²) in [5.74, 6) is -0.00430. The predicted molar refractivity (Wildman–Crippen MR) is 81.3 cm³/mol. The number of amides is 1. The van der Waals surface area contributed by atoms with E-state index in [9.17, 15) is 4.79 Å². The van der Waals surface area contributed by atoms with Gasteiger partial charge < -0.3 is 5.32 Å². The second-order valence-corrected chi connectivity index (χ2v) is 6.65. The molecule has 0 spiro atoms. The minimum atomic E-state index is -0.00430. The number of hydrogen-bond acceptors (Lipinski definition) is 2. The summed E-state index contributed by atoms with van der Waals surface area (Å²) in [6, 6.07) is 0.318. The third-order valence-corrected chi connectivity index (χ3v) is 4.28. The summed E-state index contributed by atoms with van der Waals surface area (Å²) in [6.07, 6.45) is 6.83. The number of nitrogens with zero attached hydrogens (tertiary/aromatic N) is 2. The van der Waals surface area contributed by atoms with Gasteiger partial charge in [-0.3, -0.25) is 9.48 Å². The van der Waals surface area contributed by atoms with E-state index in [1.807, 2.05) is 31.7 Å². The van der Waals surface area contributed by atoms with Gasteiger partial charge in [-0.05, 0) is 44.6 Å². The van der Waals surface area contributed by atoms with E-state index in [-0.39, 0.29) is 5.91 Å². The van der Waals surface area contributed by atoms with E-state index in [0.29, 0.717) is 11.5 Å². The van der Waals surface area contributed by atoms with Crippen LogP contribution in [0, 0.1) is 19.3 Å². The van der Waals surface area contributed by atoms with Crippen LogP contribution in [0.1, 0.15) is 50.1 Å². The van der Waals surface area contributed by atoms with E-state index < -0.39 is 0 Å². The Labute approximate surface area is 121 Å². The lowest BCUT2D eigenvalue weighted by Crippen LogP contribution is -2.32. The lowest BCUT2D eigenvalue weighted by atomic mass is 9.92. The molecule has 1 N–H and O–H groups in total. The van der Waals surface area contributed by atoms with E-state index in [4.69, 9.17) is 0 Å². The highest BCUT2D eigenvalue weighted by atomic mass is 16.1. The molecule has 0 aliphatic heterocycles. The maximum Gasteiger partial charge on any atom is 0.244 e. The second kappa shape index (κ2) is 5.43. The normalized spacial score (nSPS) is 21.6. The molecule has 1 aliphatic carbocycles. The van der Waals surface area contributed by atoms with Crippen molar-refractivity contribution < 1.29 is 4.79 Å². The van der Waals surface area contributed by atoms with E-state index in [2.05, 4.69) is 24.3 Å². The lowest BCUT2D eigenvalue weighted by Gasteiger charge is -2.17. The Morgan fingerprint density at radius 1 is 1.45 bits per heavy atom. The number of carbonyl (C=O) groups is 1. The molecule has 0 aromatic carbocycles. The van der Waals surface area contributed by atoms with E-state index in [1.165, 1.54) is 6.42 Å². The fourth-order valence-electron chi connectivity index (χ4n) is 3.00. The number of aromatic nitrogens is 2. The summed E-state index contributed by atoms with van der Waals surface area (Å²) in [4.78, 5) is 12.0. The fraction of sp³-hybridized carbons (Fsp3) is 0.625. The van der Waals surface area contributed by atoms with E-state index >= 15 is 0 Å². The van der Waals surface area contributed by atoms with Gasteiger partial charge in [0, 0.05) is 30.4 Å². The molecule has 0 radical (unpaired) electrons. The van der Waals surface area contributed by atoms with Crippen molar-refractivity contribution in [2.45, 2.75) is 53.0 Å². The smallest absolute Gasteiger partial charge is 0.244 e. The highest BCUT2D eigenvalue weighted by molar-refractivity contribution is 5.92. The van der Waals surface area contributed by atoms with Crippen molar-refractivity contribution in [2.75, 3.05) is 0 Å². The third kappa shape index (κ3) is 3.30. The molecule has 1 heterocycles. The summed E-state index contributed by atoms with van der Waals surface area (Å²) in [7, 11) is 1.92. The molecule has 1 aliphatic rings. The number of rotatable bonds is 3.